The number of hydrogen-bond donors (Lipinski definition) is 2. The van der Waals surface area contributed by atoms with E-state index in [1.54, 1.807) is 42.3 Å². The molecule has 0 aliphatic carbocycles. The van der Waals surface area contributed by atoms with E-state index < -0.39 is 5.97 Å². The fraction of sp³-hybridized carbons (Fsp3) is 0.333. The molecule has 1 heterocycles. The number of nitrogens with one attached hydrogen (secondary N) is 1. The topological polar surface area (TPSA) is 88.1 Å². The number of nitrogens with zero attached hydrogens (tertiary/aromatic N) is 1. The summed E-state index contributed by atoms with van der Waals surface area (Å²) in [5.41, 5.74) is 1.61. The van der Waals surface area contributed by atoms with Gasteiger partial charge >= 0.3 is 12.0 Å². The summed E-state index contributed by atoms with van der Waals surface area (Å²) in [6.45, 7) is 4.75. The highest BCUT2D eigenvalue weighted by Crippen LogP contribution is 2.29. The first-order valence-corrected chi connectivity index (χ1v) is 9.10. The van der Waals surface area contributed by atoms with Crippen LogP contribution in [0.15, 0.2) is 42.5 Å². The van der Waals surface area contributed by atoms with Crippen molar-refractivity contribution in [3.05, 3.63) is 53.6 Å². The predicted octanol–water partition coefficient (Wildman–Crippen LogP) is 3.84. The molecule has 148 valence electrons. The molecule has 7 nitrogen and oxygen atoms in total. The SMILES string of the molecule is COc1ccc(NC(=O)N2Cc3ccc(C(=O)O)cc3O[C@H](C(C)C)C2)cc1. The van der Waals surface area contributed by atoms with Crippen LogP contribution < -0.4 is 14.8 Å². The molecule has 2 N–H and O–H groups in total. The fourth-order valence-electron chi connectivity index (χ4n) is 2.99. The van der Waals surface area contributed by atoms with Crippen molar-refractivity contribution in [1.29, 1.82) is 0 Å². The van der Waals surface area contributed by atoms with E-state index in [2.05, 4.69) is 5.32 Å². The number of anilines is 1. The number of carbonyl (C=O) groups excluding carboxylic acids is 1. The average Bonchev–Trinajstić information content (AvgIpc) is 2.87. The van der Waals surface area contributed by atoms with Gasteiger partial charge in [0.05, 0.1) is 25.8 Å². The molecule has 0 saturated heterocycles. The largest absolute Gasteiger partial charge is 0.497 e. The van der Waals surface area contributed by atoms with Crippen LogP contribution in [0.3, 0.4) is 0 Å². The third kappa shape index (κ3) is 4.36. The maximum atomic E-state index is 12.9. The number of urea groups is 1. The monoisotopic (exact) mass is 384 g/mol. The summed E-state index contributed by atoms with van der Waals surface area (Å²) in [7, 11) is 1.59. The smallest absolute Gasteiger partial charge is 0.335 e. The molecule has 1 aliphatic heterocycles. The number of ether oxygens (including phenoxy) is 2. The standard InChI is InChI=1S/C21H24N2O5/c1-13(2)19-12-23(21(26)22-16-6-8-17(27-3)9-7-16)11-15-5-4-14(20(24)25)10-18(15)28-19/h4-10,13,19H,11-12H2,1-3H3,(H,22,26)(H,24,25)/t19-/m0/s1. The Morgan fingerprint density at radius 2 is 1.93 bits per heavy atom. The maximum absolute atomic E-state index is 12.9. The molecule has 0 aromatic heterocycles. The van der Waals surface area contributed by atoms with Gasteiger partial charge in [-0.05, 0) is 42.3 Å². The molecule has 2 aromatic rings. The zero-order valence-corrected chi connectivity index (χ0v) is 16.1. The van der Waals surface area contributed by atoms with E-state index in [0.29, 0.717) is 30.3 Å². The molecule has 0 bridgehead atoms. The quantitative estimate of drug-likeness (QED) is 0.836. The highest BCUT2D eigenvalue weighted by molar-refractivity contribution is 5.90. The molecule has 0 fully saturated rings. The van der Waals surface area contributed by atoms with Crippen molar-refractivity contribution in [1.82, 2.24) is 4.90 Å². The lowest BCUT2D eigenvalue weighted by atomic mass is 10.1. The highest BCUT2D eigenvalue weighted by Gasteiger charge is 2.28. The summed E-state index contributed by atoms with van der Waals surface area (Å²) in [6, 6.07) is 11.6. The number of carbonyl (C=O) groups is 2. The molecule has 2 aromatic carbocycles. The second kappa shape index (κ2) is 8.21. The van der Waals surface area contributed by atoms with Gasteiger partial charge in [0.2, 0.25) is 0 Å². The number of carboxylic acids is 1. The van der Waals surface area contributed by atoms with Crippen LogP contribution in [0, 0.1) is 5.92 Å². The molecule has 0 spiro atoms. The van der Waals surface area contributed by atoms with Gasteiger partial charge in [-0.3, -0.25) is 0 Å². The normalized spacial score (nSPS) is 16.0. The Kier molecular flexibility index (Phi) is 5.73. The highest BCUT2D eigenvalue weighted by atomic mass is 16.5. The van der Waals surface area contributed by atoms with Crippen molar-refractivity contribution in [3.8, 4) is 11.5 Å². The maximum Gasteiger partial charge on any atom is 0.335 e. The number of aromatic carboxylic acids is 1. The zero-order chi connectivity index (χ0) is 20.3. The minimum atomic E-state index is -1.01. The van der Waals surface area contributed by atoms with Crippen LogP contribution in [0.5, 0.6) is 11.5 Å². The van der Waals surface area contributed by atoms with Crippen molar-refractivity contribution in [2.24, 2.45) is 5.92 Å². The van der Waals surface area contributed by atoms with Crippen molar-refractivity contribution in [3.63, 3.8) is 0 Å². The number of hydrogen-bond acceptors (Lipinski definition) is 4. The Balaban J connectivity index is 1.83. The summed E-state index contributed by atoms with van der Waals surface area (Å²) in [4.78, 5) is 25.8. The van der Waals surface area contributed by atoms with Gasteiger partial charge in [-0.2, -0.15) is 0 Å². The third-order valence-corrected chi connectivity index (χ3v) is 4.73. The lowest BCUT2D eigenvalue weighted by Crippen LogP contribution is -2.41. The van der Waals surface area contributed by atoms with E-state index >= 15 is 0 Å². The second-order valence-corrected chi connectivity index (χ2v) is 7.07. The molecule has 7 heteroatoms. The predicted molar refractivity (Wildman–Crippen MR) is 105 cm³/mol. The van der Waals surface area contributed by atoms with E-state index in [1.165, 1.54) is 12.1 Å². The lowest BCUT2D eigenvalue weighted by Gasteiger charge is -2.26. The van der Waals surface area contributed by atoms with Crippen LogP contribution in [0.25, 0.3) is 0 Å². The molecule has 1 aliphatic rings. The molecule has 1 atom stereocenters. The van der Waals surface area contributed by atoms with E-state index in [9.17, 15) is 14.7 Å². The van der Waals surface area contributed by atoms with Gasteiger partial charge in [-0.25, -0.2) is 9.59 Å². The van der Waals surface area contributed by atoms with Gasteiger partial charge in [-0.15, -0.1) is 0 Å². The minimum Gasteiger partial charge on any atom is -0.497 e. The van der Waals surface area contributed by atoms with Gasteiger partial charge in [0.15, 0.2) is 0 Å². The molecule has 3 rings (SSSR count). The van der Waals surface area contributed by atoms with Crippen LogP contribution in [0.2, 0.25) is 0 Å². The minimum absolute atomic E-state index is 0.149. The van der Waals surface area contributed by atoms with Gasteiger partial charge in [0, 0.05) is 11.3 Å². The third-order valence-electron chi connectivity index (χ3n) is 4.73. The molecular weight excluding hydrogens is 360 g/mol. The number of fused-ring (bicyclic) bond motifs is 1. The van der Waals surface area contributed by atoms with E-state index in [-0.39, 0.29) is 23.6 Å². The zero-order valence-electron chi connectivity index (χ0n) is 16.1. The van der Waals surface area contributed by atoms with Crippen LogP contribution in [-0.2, 0) is 6.54 Å². The first-order valence-electron chi connectivity index (χ1n) is 9.10. The number of carboxylic acid groups (broad SMARTS) is 1. The molecule has 2 amide bonds. The molecular formula is C21H24N2O5. The van der Waals surface area contributed by atoms with Crippen LogP contribution in [0.1, 0.15) is 29.8 Å². The van der Waals surface area contributed by atoms with Crippen molar-refractivity contribution < 1.29 is 24.2 Å². The Bertz CT molecular complexity index is 864. The van der Waals surface area contributed by atoms with Gasteiger partial charge < -0.3 is 24.8 Å². The van der Waals surface area contributed by atoms with Crippen molar-refractivity contribution in [2.75, 3.05) is 19.0 Å². The summed E-state index contributed by atoms with van der Waals surface area (Å²) < 4.78 is 11.2. The van der Waals surface area contributed by atoms with Crippen LogP contribution in [-0.4, -0.2) is 41.8 Å². The number of amides is 2. The average molecular weight is 384 g/mol. The van der Waals surface area contributed by atoms with E-state index in [4.69, 9.17) is 9.47 Å². The molecule has 0 saturated carbocycles. The second-order valence-electron chi connectivity index (χ2n) is 7.07. The summed E-state index contributed by atoms with van der Waals surface area (Å²) >= 11 is 0. The fourth-order valence-corrected chi connectivity index (χ4v) is 2.99. The first-order chi connectivity index (χ1) is 13.4. The number of benzene rings is 2. The molecule has 0 radical (unpaired) electrons. The van der Waals surface area contributed by atoms with Crippen molar-refractivity contribution in [2.45, 2.75) is 26.5 Å². The van der Waals surface area contributed by atoms with E-state index in [1.807, 2.05) is 13.8 Å². The number of methoxy groups -OCH3 is 1. The van der Waals surface area contributed by atoms with Crippen molar-refractivity contribution >= 4 is 17.7 Å². The van der Waals surface area contributed by atoms with Gasteiger partial charge in [0.25, 0.3) is 0 Å². The molecule has 0 unspecified atom stereocenters. The van der Waals surface area contributed by atoms with Gasteiger partial charge in [-0.1, -0.05) is 19.9 Å². The first kappa shape index (κ1) is 19.5. The summed E-state index contributed by atoms with van der Waals surface area (Å²) in [6.07, 6.45) is -0.244. The van der Waals surface area contributed by atoms with Crippen LogP contribution in [0.4, 0.5) is 10.5 Å². The number of rotatable bonds is 4. The Morgan fingerprint density at radius 3 is 2.54 bits per heavy atom. The summed E-state index contributed by atoms with van der Waals surface area (Å²) in [5, 5.41) is 12.1. The van der Waals surface area contributed by atoms with E-state index in [0.717, 1.165) is 5.56 Å². The van der Waals surface area contributed by atoms with Gasteiger partial charge in [0.1, 0.15) is 17.6 Å². The van der Waals surface area contributed by atoms with Crippen LogP contribution >= 0.6 is 0 Å². The Morgan fingerprint density at radius 1 is 1.21 bits per heavy atom. The molecule has 28 heavy (non-hydrogen) atoms. The Hall–Kier alpha value is -3.22. The Labute approximate surface area is 163 Å². The summed E-state index contributed by atoms with van der Waals surface area (Å²) in [5.74, 6) is 0.365. The lowest BCUT2D eigenvalue weighted by molar-refractivity contribution is 0.0695.